The molecule has 104 valence electrons. The minimum absolute atomic E-state index is 0.455. The molecule has 0 radical (unpaired) electrons. The molecule has 1 heterocycles. The number of aliphatic hydroxyl groups is 1. The second kappa shape index (κ2) is 5.09. The first-order chi connectivity index (χ1) is 8.89. The van der Waals surface area contributed by atoms with Gasteiger partial charge in [0.2, 0.25) is 5.91 Å². The highest BCUT2D eigenvalue weighted by Crippen LogP contribution is 2.29. The Morgan fingerprint density at radius 2 is 2.11 bits per heavy atom. The third-order valence-electron chi connectivity index (χ3n) is 3.72. The van der Waals surface area contributed by atoms with Gasteiger partial charge >= 0.3 is 0 Å². The molecular weight excluding hydrogens is 242 g/mol. The number of nitrogen functional groups attached to an aromatic ring is 1. The van der Waals surface area contributed by atoms with E-state index in [9.17, 15) is 9.90 Å². The summed E-state index contributed by atoms with van der Waals surface area (Å²) in [5.41, 5.74) is 12.6. The summed E-state index contributed by atoms with van der Waals surface area (Å²) in [6.45, 7) is 3.40. The summed E-state index contributed by atoms with van der Waals surface area (Å²) < 4.78 is 0. The van der Waals surface area contributed by atoms with Gasteiger partial charge in [-0.3, -0.25) is 4.79 Å². The third kappa shape index (κ3) is 3.17. The van der Waals surface area contributed by atoms with Crippen molar-refractivity contribution in [1.82, 2.24) is 0 Å². The van der Waals surface area contributed by atoms with E-state index < -0.39 is 11.5 Å². The second-order valence-electron chi connectivity index (χ2n) is 5.48. The summed E-state index contributed by atoms with van der Waals surface area (Å²) in [5.74, 6) is -0.455. The number of amides is 1. The summed E-state index contributed by atoms with van der Waals surface area (Å²) in [6.07, 6.45) is 2.36. The van der Waals surface area contributed by atoms with Crippen molar-refractivity contribution >= 4 is 17.3 Å². The normalized spacial score (nSPS) is 24.0. The van der Waals surface area contributed by atoms with Gasteiger partial charge in [-0.25, -0.2) is 0 Å². The Morgan fingerprint density at radius 1 is 1.37 bits per heavy atom. The number of benzene rings is 1. The topological polar surface area (TPSA) is 92.6 Å². The van der Waals surface area contributed by atoms with Gasteiger partial charge in [-0.1, -0.05) is 0 Å². The van der Waals surface area contributed by atoms with Crippen LogP contribution in [-0.2, 0) is 0 Å². The van der Waals surface area contributed by atoms with Crippen molar-refractivity contribution in [1.29, 1.82) is 0 Å². The summed E-state index contributed by atoms with van der Waals surface area (Å²) in [6, 6.07) is 5.07. The molecule has 0 bridgehead atoms. The van der Waals surface area contributed by atoms with Crippen LogP contribution in [0.15, 0.2) is 18.2 Å². The molecule has 0 aliphatic carbocycles. The van der Waals surface area contributed by atoms with Crippen molar-refractivity contribution in [2.75, 3.05) is 23.7 Å². The van der Waals surface area contributed by atoms with Crippen LogP contribution >= 0.6 is 0 Å². The highest BCUT2D eigenvalue weighted by Gasteiger charge is 2.25. The van der Waals surface area contributed by atoms with Crippen LogP contribution in [0, 0.1) is 0 Å². The van der Waals surface area contributed by atoms with Gasteiger partial charge in [-0.15, -0.1) is 0 Å². The van der Waals surface area contributed by atoms with Gasteiger partial charge in [0.1, 0.15) is 0 Å². The summed E-state index contributed by atoms with van der Waals surface area (Å²) in [7, 11) is 0. The lowest BCUT2D eigenvalue weighted by Crippen LogP contribution is -2.29. The van der Waals surface area contributed by atoms with E-state index in [1.807, 2.05) is 6.92 Å². The average Bonchev–Trinajstić information content (AvgIpc) is 2.51. The van der Waals surface area contributed by atoms with E-state index >= 15 is 0 Å². The van der Waals surface area contributed by atoms with Crippen LogP contribution in [0.2, 0.25) is 0 Å². The Labute approximate surface area is 113 Å². The molecule has 1 saturated heterocycles. The van der Waals surface area contributed by atoms with Crippen LogP contribution < -0.4 is 16.4 Å². The Hall–Kier alpha value is -1.75. The number of carbonyl (C=O) groups excluding carboxylic acids is 1. The summed E-state index contributed by atoms with van der Waals surface area (Å²) >= 11 is 0. The van der Waals surface area contributed by atoms with Crippen LogP contribution in [0.25, 0.3) is 0 Å². The largest absolute Gasteiger partial charge is 0.397 e. The number of nitrogens with zero attached hydrogens (tertiary/aromatic N) is 1. The second-order valence-corrected chi connectivity index (χ2v) is 5.48. The van der Waals surface area contributed by atoms with E-state index in [2.05, 4.69) is 4.90 Å². The molecule has 0 spiro atoms. The van der Waals surface area contributed by atoms with Gasteiger partial charge in [-0.2, -0.15) is 0 Å². The van der Waals surface area contributed by atoms with Gasteiger partial charge in [0, 0.05) is 18.7 Å². The van der Waals surface area contributed by atoms with E-state index in [-0.39, 0.29) is 0 Å². The Kier molecular flexibility index (Phi) is 3.66. The first-order valence-corrected chi connectivity index (χ1v) is 6.56. The van der Waals surface area contributed by atoms with Crippen LogP contribution in [0.3, 0.4) is 0 Å². The van der Waals surface area contributed by atoms with Crippen molar-refractivity contribution in [3.63, 3.8) is 0 Å². The summed E-state index contributed by atoms with van der Waals surface area (Å²) in [5, 5.41) is 10.1. The molecule has 19 heavy (non-hydrogen) atoms. The van der Waals surface area contributed by atoms with Gasteiger partial charge in [0.25, 0.3) is 0 Å². The molecule has 1 fully saturated rings. The van der Waals surface area contributed by atoms with Crippen LogP contribution in [0.5, 0.6) is 0 Å². The maximum absolute atomic E-state index is 11.2. The van der Waals surface area contributed by atoms with Crippen LogP contribution in [0.4, 0.5) is 11.4 Å². The Morgan fingerprint density at radius 3 is 2.79 bits per heavy atom. The van der Waals surface area contributed by atoms with Gasteiger partial charge in [0.05, 0.1) is 17.0 Å². The molecule has 0 saturated carbocycles. The number of anilines is 2. The maximum Gasteiger partial charge on any atom is 0.248 e. The quantitative estimate of drug-likeness (QED) is 0.697. The molecule has 1 amide bonds. The number of nitrogens with two attached hydrogens (primary N) is 2. The number of primary amides is 1. The number of carbonyl (C=O) groups is 1. The highest BCUT2D eigenvalue weighted by atomic mass is 16.3. The fourth-order valence-electron chi connectivity index (χ4n) is 2.48. The monoisotopic (exact) mass is 263 g/mol. The SMILES string of the molecule is CC1(O)CCCN(c2cc(C(N)=O)ccc2N)CC1. The Balaban J connectivity index is 2.25. The lowest BCUT2D eigenvalue weighted by Gasteiger charge is -2.25. The van der Waals surface area contributed by atoms with Crippen molar-refractivity contribution in [3.8, 4) is 0 Å². The maximum atomic E-state index is 11.2. The Bertz CT molecular complexity index is 486. The predicted octanol–water partition coefficient (Wildman–Crippen LogP) is 1.11. The van der Waals surface area contributed by atoms with Gasteiger partial charge in [-0.05, 0) is 44.4 Å². The van der Waals surface area contributed by atoms with E-state index in [4.69, 9.17) is 11.5 Å². The van der Waals surface area contributed by atoms with Crippen molar-refractivity contribution in [2.45, 2.75) is 31.8 Å². The molecule has 1 aliphatic rings. The molecule has 1 aromatic rings. The summed E-state index contributed by atoms with van der Waals surface area (Å²) in [4.78, 5) is 13.4. The van der Waals surface area contributed by atoms with E-state index in [0.717, 1.165) is 31.6 Å². The van der Waals surface area contributed by atoms with E-state index in [1.165, 1.54) is 0 Å². The standard InChI is InChI=1S/C14H21N3O2/c1-14(19)5-2-7-17(8-6-14)12-9-10(13(16)18)3-4-11(12)15/h3-4,9,19H,2,5-8,15H2,1H3,(H2,16,18). The average molecular weight is 263 g/mol. The molecule has 0 aromatic heterocycles. The van der Waals surface area contributed by atoms with Gasteiger partial charge < -0.3 is 21.5 Å². The first-order valence-electron chi connectivity index (χ1n) is 6.56. The number of hydrogen-bond acceptors (Lipinski definition) is 4. The van der Waals surface area contributed by atoms with Crippen molar-refractivity contribution in [2.24, 2.45) is 5.73 Å². The van der Waals surface area contributed by atoms with Crippen LogP contribution in [0.1, 0.15) is 36.5 Å². The van der Waals surface area contributed by atoms with Crippen molar-refractivity contribution < 1.29 is 9.90 Å². The smallest absolute Gasteiger partial charge is 0.248 e. The molecular formula is C14H21N3O2. The molecule has 1 aromatic carbocycles. The number of rotatable bonds is 2. The lowest BCUT2D eigenvalue weighted by molar-refractivity contribution is 0.0481. The zero-order valence-electron chi connectivity index (χ0n) is 11.2. The number of hydrogen-bond donors (Lipinski definition) is 3. The zero-order chi connectivity index (χ0) is 14.0. The predicted molar refractivity (Wildman–Crippen MR) is 76.1 cm³/mol. The van der Waals surface area contributed by atoms with Crippen molar-refractivity contribution in [3.05, 3.63) is 23.8 Å². The minimum atomic E-state index is -0.620. The molecule has 2 rings (SSSR count). The molecule has 1 aliphatic heterocycles. The van der Waals surface area contributed by atoms with E-state index in [0.29, 0.717) is 17.7 Å². The molecule has 5 heteroatoms. The molecule has 1 unspecified atom stereocenters. The van der Waals surface area contributed by atoms with Crippen LogP contribution in [-0.4, -0.2) is 29.7 Å². The fourth-order valence-corrected chi connectivity index (χ4v) is 2.48. The van der Waals surface area contributed by atoms with Gasteiger partial charge in [0.15, 0.2) is 0 Å². The molecule has 1 atom stereocenters. The molecule has 5 nitrogen and oxygen atoms in total. The minimum Gasteiger partial charge on any atom is -0.397 e. The highest BCUT2D eigenvalue weighted by molar-refractivity contribution is 5.95. The molecule has 5 N–H and O–H groups in total. The van der Waals surface area contributed by atoms with E-state index in [1.54, 1.807) is 18.2 Å². The lowest BCUT2D eigenvalue weighted by atomic mass is 9.98. The first kappa shape index (κ1) is 13.7. The third-order valence-corrected chi connectivity index (χ3v) is 3.72. The fraction of sp³-hybridized carbons (Fsp3) is 0.500. The zero-order valence-corrected chi connectivity index (χ0v) is 11.2.